The van der Waals surface area contributed by atoms with Crippen molar-refractivity contribution in [2.75, 3.05) is 20.2 Å². The van der Waals surface area contributed by atoms with E-state index in [-0.39, 0.29) is 48.1 Å². The van der Waals surface area contributed by atoms with Gasteiger partial charge in [0.05, 0.1) is 36.8 Å². The molecule has 0 N–H and O–H groups in total. The van der Waals surface area contributed by atoms with E-state index in [1.54, 1.807) is 42.3 Å². The average Bonchev–Trinajstić information content (AvgIpc) is 3.36. The number of amides is 3. The number of benzene rings is 2. The van der Waals surface area contributed by atoms with Gasteiger partial charge in [0.1, 0.15) is 17.1 Å². The Hall–Kier alpha value is -3.68. The highest BCUT2D eigenvalue weighted by molar-refractivity contribution is 6.22. The molecule has 2 aromatic carbocycles. The number of likely N-dealkylation sites (tertiary alicyclic amines) is 1. The minimum Gasteiger partial charge on any atom is -0.497 e. The topological polar surface area (TPSA) is 93.2 Å². The molecule has 3 amide bonds. The van der Waals surface area contributed by atoms with Crippen LogP contribution < -0.4 is 9.47 Å². The number of carbonyl (C=O) groups is 4. The minimum atomic E-state index is -0.774. The molecule has 3 aliphatic rings. The van der Waals surface area contributed by atoms with E-state index in [2.05, 4.69) is 0 Å². The maximum absolute atomic E-state index is 13.3. The minimum absolute atomic E-state index is 0.0405. The van der Waals surface area contributed by atoms with E-state index < -0.39 is 5.60 Å². The molecule has 0 aliphatic carbocycles. The van der Waals surface area contributed by atoms with E-state index in [0.29, 0.717) is 47.6 Å². The van der Waals surface area contributed by atoms with Crippen LogP contribution in [0.4, 0.5) is 0 Å². The zero-order chi connectivity index (χ0) is 24.2. The first kappa shape index (κ1) is 22.1. The lowest BCUT2D eigenvalue weighted by molar-refractivity contribution is 0.0427. The number of imide groups is 1. The number of nitrogens with zero attached hydrogens (tertiary/aromatic N) is 2. The van der Waals surface area contributed by atoms with Crippen LogP contribution in [0, 0.1) is 0 Å². The Kier molecular flexibility index (Phi) is 5.19. The molecule has 0 aromatic heterocycles. The molecule has 2 atom stereocenters. The smallest absolute Gasteiger partial charge is 0.261 e. The van der Waals surface area contributed by atoms with Gasteiger partial charge in [-0.05, 0) is 49.7 Å². The molecule has 8 nitrogen and oxygen atoms in total. The first-order chi connectivity index (χ1) is 16.3. The highest BCUT2D eigenvalue weighted by Crippen LogP contribution is 2.40. The maximum atomic E-state index is 13.3. The molecule has 0 bridgehead atoms. The van der Waals surface area contributed by atoms with Crippen LogP contribution in [-0.2, 0) is 0 Å². The monoisotopic (exact) mass is 462 g/mol. The molecule has 3 aliphatic heterocycles. The SMILES string of the molecule is CCC(C)N1C(=O)c2ccc(C(=O)N3CCC4(CC(=O)c5cc(OC)ccc5O4)C3)cc2C1=O. The second-order valence-corrected chi connectivity index (χ2v) is 9.22. The van der Waals surface area contributed by atoms with Gasteiger partial charge >= 0.3 is 0 Å². The van der Waals surface area contributed by atoms with Gasteiger partial charge in [0.15, 0.2) is 5.78 Å². The molecule has 2 unspecified atom stereocenters. The van der Waals surface area contributed by atoms with Crippen LogP contribution in [0.5, 0.6) is 11.5 Å². The van der Waals surface area contributed by atoms with E-state index in [4.69, 9.17) is 9.47 Å². The van der Waals surface area contributed by atoms with Crippen molar-refractivity contribution in [2.45, 2.75) is 44.8 Å². The van der Waals surface area contributed by atoms with Crippen LogP contribution in [0.1, 0.15) is 74.5 Å². The summed E-state index contributed by atoms with van der Waals surface area (Å²) in [6, 6.07) is 9.59. The van der Waals surface area contributed by atoms with Crippen molar-refractivity contribution >= 4 is 23.5 Å². The molecule has 1 spiro atoms. The Morgan fingerprint density at radius 1 is 1.09 bits per heavy atom. The summed E-state index contributed by atoms with van der Waals surface area (Å²) in [5, 5.41) is 0. The lowest BCUT2D eigenvalue weighted by atomic mass is 9.89. The van der Waals surface area contributed by atoms with Gasteiger partial charge in [0, 0.05) is 24.6 Å². The fourth-order valence-electron chi connectivity index (χ4n) is 5.00. The lowest BCUT2D eigenvalue weighted by Gasteiger charge is -2.34. The summed E-state index contributed by atoms with van der Waals surface area (Å²) in [6.45, 7) is 4.45. The second kappa shape index (κ2) is 7.97. The molecule has 1 saturated heterocycles. The van der Waals surface area contributed by atoms with Crippen molar-refractivity contribution in [3.63, 3.8) is 0 Å². The first-order valence-corrected chi connectivity index (χ1v) is 11.5. The number of Topliss-reactive ketones (excluding diaryl/α,β-unsaturated/α-hetero) is 1. The van der Waals surface area contributed by atoms with E-state index >= 15 is 0 Å². The highest BCUT2D eigenvalue weighted by atomic mass is 16.5. The van der Waals surface area contributed by atoms with Gasteiger partial charge in [0.2, 0.25) is 0 Å². The van der Waals surface area contributed by atoms with Gasteiger partial charge in [-0.25, -0.2) is 0 Å². The zero-order valence-corrected chi connectivity index (χ0v) is 19.4. The van der Waals surface area contributed by atoms with E-state index in [0.717, 1.165) is 0 Å². The normalized spacial score (nSPS) is 22.0. The van der Waals surface area contributed by atoms with Crippen LogP contribution in [-0.4, -0.2) is 65.1 Å². The Morgan fingerprint density at radius 3 is 2.59 bits per heavy atom. The number of carbonyl (C=O) groups excluding carboxylic acids is 4. The number of methoxy groups -OCH3 is 1. The first-order valence-electron chi connectivity index (χ1n) is 11.5. The Morgan fingerprint density at radius 2 is 1.85 bits per heavy atom. The van der Waals surface area contributed by atoms with Crippen molar-refractivity contribution in [3.8, 4) is 11.5 Å². The van der Waals surface area contributed by atoms with Crippen molar-refractivity contribution in [1.29, 1.82) is 0 Å². The summed E-state index contributed by atoms with van der Waals surface area (Å²) < 4.78 is 11.5. The van der Waals surface area contributed by atoms with Gasteiger partial charge < -0.3 is 14.4 Å². The molecule has 176 valence electrons. The van der Waals surface area contributed by atoms with Gasteiger partial charge in [-0.1, -0.05) is 6.92 Å². The lowest BCUT2D eigenvalue weighted by Crippen LogP contribution is -2.45. The molecule has 0 saturated carbocycles. The van der Waals surface area contributed by atoms with Gasteiger partial charge in [-0.3, -0.25) is 24.1 Å². The van der Waals surface area contributed by atoms with Crippen LogP contribution in [0.2, 0.25) is 0 Å². The molecular formula is C26H26N2O6. The van der Waals surface area contributed by atoms with E-state index in [1.165, 1.54) is 11.0 Å². The summed E-state index contributed by atoms with van der Waals surface area (Å²) in [7, 11) is 1.54. The molecule has 0 radical (unpaired) electrons. The van der Waals surface area contributed by atoms with Crippen LogP contribution in [0.25, 0.3) is 0 Å². The molecule has 5 rings (SSSR count). The van der Waals surface area contributed by atoms with E-state index in [1.807, 2.05) is 13.8 Å². The molecule has 34 heavy (non-hydrogen) atoms. The fraction of sp³-hybridized carbons (Fsp3) is 0.385. The summed E-state index contributed by atoms with van der Waals surface area (Å²) in [5.41, 5.74) is 0.646. The third-order valence-electron chi connectivity index (χ3n) is 7.10. The predicted molar refractivity (Wildman–Crippen MR) is 123 cm³/mol. The largest absolute Gasteiger partial charge is 0.497 e. The second-order valence-electron chi connectivity index (χ2n) is 9.22. The fourth-order valence-corrected chi connectivity index (χ4v) is 5.00. The van der Waals surface area contributed by atoms with Crippen LogP contribution in [0.3, 0.4) is 0 Å². The highest BCUT2D eigenvalue weighted by Gasteiger charge is 2.47. The third-order valence-corrected chi connectivity index (χ3v) is 7.10. The maximum Gasteiger partial charge on any atom is 0.261 e. The quantitative estimate of drug-likeness (QED) is 0.647. The van der Waals surface area contributed by atoms with Gasteiger partial charge in [-0.15, -0.1) is 0 Å². The molecule has 2 aromatic rings. The van der Waals surface area contributed by atoms with Crippen molar-refractivity contribution in [3.05, 3.63) is 58.7 Å². The van der Waals surface area contributed by atoms with Crippen LogP contribution >= 0.6 is 0 Å². The summed E-state index contributed by atoms with van der Waals surface area (Å²) in [6.07, 6.45) is 1.36. The zero-order valence-electron chi connectivity index (χ0n) is 19.4. The van der Waals surface area contributed by atoms with Crippen molar-refractivity contribution in [2.24, 2.45) is 0 Å². The number of ketones is 1. The van der Waals surface area contributed by atoms with Crippen molar-refractivity contribution in [1.82, 2.24) is 9.80 Å². The number of hydrogen-bond acceptors (Lipinski definition) is 6. The average molecular weight is 463 g/mol. The number of rotatable bonds is 4. The summed E-state index contributed by atoms with van der Waals surface area (Å²) in [4.78, 5) is 54.6. The number of hydrogen-bond donors (Lipinski definition) is 0. The van der Waals surface area contributed by atoms with E-state index in [9.17, 15) is 19.2 Å². The summed E-state index contributed by atoms with van der Waals surface area (Å²) >= 11 is 0. The van der Waals surface area contributed by atoms with Gasteiger partial charge in [-0.2, -0.15) is 0 Å². The van der Waals surface area contributed by atoms with Crippen LogP contribution in [0.15, 0.2) is 36.4 Å². The van der Waals surface area contributed by atoms with Gasteiger partial charge in [0.25, 0.3) is 17.7 Å². The Bertz CT molecular complexity index is 1240. The van der Waals surface area contributed by atoms with Crippen molar-refractivity contribution < 1.29 is 28.7 Å². The Labute approximate surface area is 197 Å². The summed E-state index contributed by atoms with van der Waals surface area (Å²) in [5.74, 6) is 0.109. The molecular weight excluding hydrogens is 436 g/mol. The third kappa shape index (κ3) is 3.36. The standard InChI is InChI=1S/C26H26N2O6/c1-4-15(2)28-24(31)18-7-5-16(11-19(18)25(28)32)23(30)27-10-9-26(14-27)13-21(29)20-12-17(33-3)6-8-22(20)34-26/h5-8,11-12,15H,4,9-10,13-14H2,1-3H3. The predicted octanol–water partition coefficient (Wildman–Crippen LogP) is 3.34. The number of ether oxygens (including phenoxy) is 2. The molecule has 8 heteroatoms. The number of fused-ring (bicyclic) bond motifs is 2. The molecule has 1 fully saturated rings. The Balaban J connectivity index is 1.36. The molecule has 3 heterocycles.